The van der Waals surface area contributed by atoms with Crippen molar-refractivity contribution < 1.29 is 9.53 Å². The topological polar surface area (TPSA) is 51.2 Å². The lowest BCUT2D eigenvalue weighted by atomic mass is 9.99. The van der Waals surface area contributed by atoms with E-state index in [9.17, 15) is 4.79 Å². The van der Waals surface area contributed by atoms with E-state index >= 15 is 0 Å². The first-order valence-electron chi connectivity index (χ1n) is 9.58. The normalized spacial score (nSPS) is 12.7. The Kier molecular flexibility index (Phi) is 5.18. The fourth-order valence-electron chi connectivity index (χ4n) is 3.63. The van der Waals surface area contributed by atoms with Gasteiger partial charge in [-0.15, -0.1) is 11.3 Å². The highest BCUT2D eigenvalue weighted by Crippen LogP contribution is 2.30. The van der Waals surface area contributed by atoms with Crippen LogP contribution >= 0.6 is 11.3 Å². The van der Waals surface area contributed by atoms with E-state index in [-0.39, 0.29) is 12.5 Å². The molecule has 1 aromatic heterocycles. The number of hydrogen-bond donors (Lipinski definition) is 1. The zero-order valence-electron chi connectivity index (χ0n) is 16.5. The fourth-order valence-corrected chi connectivity index (χ4v) is 4.36. The molecule has 0 unspecified atom stereocenters. The molecule has 5 heteroatoms. The van der Waals surface area contributed by atoms with Gasteiger partial charge in [0.05, 0.1) is 5.69 Å². The molecule has 0 fully saturated rings. The Morgan fingerprint density at radius 1 is 1.07 bits per heavy atom. The number of carbonyl (C=O) groups is 1. The van der Waals surface area contributed by atoms with E-state index in [1.165, 1.54) is 45.6 Å². The number of benzene rings is 2. The van der Waals surface area contributed by atoms with Gasteiger partial charge in [0.2, 0.25) is 0 Å². The van der Waals surface area contributed by atoms with Gasteiger partial charge < -0.3 is 4.74 Å². The van der Waals surface area contributed by atoms with Gasteiger partial charge in [-0.05, 0) is 86.1 Å². The number of amides is 1. The Morgan fingerprint density at radius 2 is 1.86 bits per heavy atom. The van der Waals surface area contributed by atoms with Crippen LogP contribution in [0.15, 0.2) is 35.7 Å². The van der Waals surface area contributed by atoms with E-state index in [4.69, 9.17) is 4.74 Å². The highest BCUT2D eigenvalue weighted by Gasteiger charge is 2.13. The summed E-state index contributed by atoms with van der Waals surface area (Å²) in [5.41, 5.74) is 8.43. The minimum absolute atomic E-state index is 0.0175. The zero-order chi connectivity index (χ0) is 19.7. The molecule has 28 heavy (non-hydrogen) atoms. The molecule has 4 nitrogen and oxygen atoms in total. The van der Waals surface area contributed by atoms with Crippen molar-refractivity contribution in [3.63, 3.8) is 0 Å². The minimum atomic E-state index is -0.196. The molecule has 2 aromatic carbocycles. The van der Waals surface area contributed by atoms with Gasteiger partial charge >= 0.3 is 0 Å². The van der Waals surface area contributed by atoms with Crippen LogP contribution in [0.25, 0.3) is 11.3 Å². The molecule has 1 N–H and O–H groups in total. The molecule has 1 aliphatic carbocycles. The number of carbonyl (C=O) groups excluding carboxylic acids is 1. The van der Waals surface area contributed by atoms with Crippen LogP contribution < -0.4 is 10.1 Å². The van der Waals surface area contributed by atoms with E-state index in [0.717, 1.165) is 29.8 Å². The Hall–Kier alpha value is -2.66. The molecule has 1 amide bonds. The van der Waals surface area contributed by atoms with Gasteiger partial charge in [-0.1, -0.05) is 12.1 Å². The third-order valence-electron chi connectivity index (χ3n) is 5.31. The average molecular weight is 393 g/mol. The van der Waals surface area contributed by atoms with E-state index in [1.807, 2.05) is 11.4 Å². The van der Waals surface area contributed by atoms with Crippen LogP contribution in [0.2, 0.25) is 0 Å². The van der Waals surface area contributed by atoms with Crippen molar-refractivity contribution in [3.8, 4) is 17.0 Å². The van der Waals surface area contributed by atoms with Crippen LogP contribution in [-0.4, -0.2) is 17.5 Å². The number of nitrogens with one attached hydrogen (secondary N) is 1. The first-order chi connectivity index (χ1) is 13.5. The smallest absolute Gasteiger partial charge is 0.264 e. The van der Waals surface area contributed by atoms with Crippen molar-refractivity contribution in [2.24, 2.45) is 0 Å². The summed E-state index contributed by atoms with van der Waals surface area (Å²) in [4.78, 5) is 16.8. The molecule has 144 valence electrons. The first kappa shape index (κ1) is 18.7. The van der Waals surface area contributed by atoms with Crippen LogP contribution in [0.5, 0.6) is 5.75 Å². The van der Waals surface area contributed by atoms with Crippen molar-refractivity contribution >= 4 is 22.4 Å². The van der Waals surface area contributed by atoms with Gasteiger partial charge in [0.25, 0.3) is 5.91 Å². The molecule has 0 atom stereocenters. The summed E-state index contributed by atoms with van der Waals surface area (Å²) in [5, 5.41) is 5.42. The van der Waals surface area contributed by atoms with E-state index in [1.54, 1.807) is 0 Å². The number of aromatic nitrogens is 1. The lowest BCUT2D eigenvalue weighted by Gasteiger charge is -2.08. The van der Waals surface area contributed by atoms with Gasteiger partial charge in [0.1, 0.15) is 5.75 Å². The third kappa shape index (κ3) is 3.94. The molecule has 0 aliphatic heterocycles. The molecule has 3 aromatic rings. The molecular formula is C23H24N2O2S. The third-order valence-corrected chi connectivity index (χ3v) is 6.06. The highest BCUT2D eigenvalue weighted by atomic mass is 32.1. The van der Waals surface area contributed by atoms with Gasteiger partial charge in [-0.25, -0.2) is 4.98 Å². The molecular weight excluding hydrogens is 368 g/mol. The number of aryl methyl sites for hydroxylation is 5. The summed E-state index contributed by atoms with van der Waals surface area (Å²) in [6.07, 6.45) is 3.44. The van der Waals surface area contributed by atoms with Gasteiger partial charge in [0.15, 0.2) is 11.7 Å². The number of rotatable bonds is 5. The van der Waals surface area contributed by atoms with Crippen molar-refractivity contribution in [3.05, 3.63) is 63.5 Å². The van der Waals surface area contributed by atoms with E-state index in [0.29, 0.717) is 5.13 Å². The van der Waals surface area contributed by atoms with Crippen LogP contribution in [0.3, 0.4) is 0 Å². The lowest BCUT2D eigenvalue weighted by Crippen LogP contribution is -2.20. The summed E-state index contributed by atoms with van der Waals surface area (Å²) < 4.78 is 5.67. The summed E-state index contributed by atoms with van der Waals surface area (Å²) in [7, 11) is 0. The second-order valence-corrected chi connectivity index (χ2v) is 8.27. The Morgan fingerprint density at radius 3 is 2.71 bits per heavy atom. The Labute approximate surface area is 169 Å². The maximum atomic E-state index is 12.3. The van der Waals surface area contributed by atoms with E-state index in [2.05, 4.69) is 55.3 Å². The van der Waals surface area contributed by atoms with Gasteiger partial charge in [-0.3, -0.25) is 10.1 Å². The van der Waals surface area contributed by atoms with Crippen LogP contribution in [0.4, 0.5) is 5.13 Å². The number of ether oxygens (including phenoxy) is 1. The molecule has 0 spiro atoms. The monoisotopic (exact) mass is 392 g/mol. The summed E-state index contributed by atoms with van der Waals surface area (Å²) in [6, 6.07) is 10.4. The first-order valence-corrected chi connectivity index (χ1v) is 10.5. The minimum Gasteiger partial charge on any atom is -0.484 e. The maximum absolute atomic E-state index is 12.3. The molecule has 1 heterocycles. The molecule has 0 bridgehead atoms. The van der Waals surface area contributed by atoms with Crippen LogP contribution in [0, 0.1) is 20.8 Å². The van der Waals surface area contributed by atoms with Crippen molar-refractivity contribution in [1.82, 2.24) is 4.98 Å². The Bertz CT molecular complexity index is 1040. The van der Waals surface area contributed by atoms with Gasteiger partial charge in [-0.2, -0.15) is 0 Å². The molecule has 4 rings (SSSR count). The number of hydrogen-bond acceptors (Lipinski definition) is 4. The van der Waals surface area contributed by atoms with Crippen LogP contribution in [-0.2, 0) is 17.6 Å². The summed E-state index contributed by atoms with van der Waals surface area (Å²) in [5.74, 6) is 0.555. The standard InChI is InChI=1S/C23H24N2O2S/c1-14-9-16(3)20(10-15(14)2)21-13-28-23(24-21)25-22(26)12-27-19-8-7-17-5-4-6-18(17)11-19/h7-11,13H,4-6,12H2,1-3H3,(H,24,25,26). The second-order valence-electron chi connectivity index (χ2n) is 7.41. The number of fused-ring (bicyclic) bond motifs is 1. The highest BCUT2D eigenvalue weighted by molar-refractivity contribution is 7.14. The number of anilines is 1. The largest absolute Gasteiger partial charge is 0.484 e. The predicted octanol–water partition coefficient (Wildman–Crippen LogP) is 5.24. The molecule has 0 saturated carbocycles. The van der Waals surface area contributed by atoms with Crippen molar-refractivity contribution in [2.45, 2.75) is 40.0 Å². The summed E-state index contributed by atoms with van der Waals surface area (Å²) in [6.45, 7) is 6.28. The van der Waals surface area contributed by atoms with Crippen molar-refractivity contribution in [1.29, 1.82) is 0 Å². The van der Waals surface area contributed by atoms with E-state index < -0.39 is 0 Å². The SMILES string of the molecule is Cc1cc(C)c(-c2csc(NC(=O)COc3ccc4c(c3)CCC4)n2)cc1C. The lowest BCUT2D eigenvalue weighted by molar-refractivity contribution is -0.118. The van der Waals surface area contributed by atoms with Crippen molar-refractivity contribution in [2.75, 3.05) is 11.9 Å². The fraction of sp³-hybridized carbons (Fsp3) is 0.304. The van der Waals surface area contributed by atoms with Crippen LogP contribution in [0.1, 0.15) is 34.2 Å². The summed E-state index contributed by atoms with van der Waals surface area (Å²) >= 11 is 1.43. The van der Waals surface area contributed by atoms with Gasteiger partial charge in [0, 0.05) is 10.9 Å². The second kappa shape index (κ2) is 7.76. The zero-order valence-corrected chi connectivity index (χ0v) is 17.3. The average Bonchev–Trinajstić information content (AvgIpc) is 3.32. The molecule has 0 radical (unpaired) electrons. The predicted molar refractivity (Wildman–Crippen MR) is 114 cm³/mol. The number of nitrogens with zero attached hydrogens (tertiary/aromatic N) is 1. The number of thiazole rings is 1. The molecule has 1 aliphatic rings. The quantitative estimate of drug-likeness (QED) is 0.646. The maximum Gasteiger partial charge on any atom is 0.264 e. The molecule has 0 saturated heterocycles. The Balaban J connectivity index is 1.38.